The molecule has 2 aromatic carbocycles. The maximum Gasteiger partial charge on any atom is 0.260 e. The standard InChI is InChI=1S/C27H36N4O4S2.ClH/c1-5-35-23-11-8-12-24-25(23)28-27(36-24)30(18-9-17-29(3)4)26(32)21-13-15-22(16-14-21)37(33,34)31-19-7-6-10-20(31)2;/h8,11-16,20H,5-7,9-10,17-19H2,1-4H3;1H. The number of thiazole rings is 1. The first-order valence-electron chi connectivity index (χ1n) is 12.8. The fourth-order valence-electron chi connectivity index (χ4n) is 4.62. The van der Waals surface area contributed by atoms with Crippen molar-refractivity contribution in [2.24, 2.45) is 0 Å². The second-order valence-electron chi connectivity index (χ2n) is 9.63. The molecule has 0 N–H and O–H groups in total. The van der Waals surface area contributed by atoms with Gasteiger partial charge in [-0.1, -0.05) is 23.8 Å². The zero-order valence-corrected chi connectivity index (χ0v) is 24.9. The molecule has 0 saturated carbocycles. The molecule has 1 unspecified atom stereocenters. The molecule has 1 aromatic heterocycles. The Morgan fingerprint density at radius 2 is 1.87 bits per heavy atom. The van der Waals surface area contributed by atoms with Gasteiger partial charge in [-0.05, 0) is 90.1 Å². The van der Waals surface area contributed by atoms with Crippen LogP contribution in [0.4, 0.5) is 5.13 Å². The summed E-state index contributed by atoms with van der Waals surface area (Å²) in [6.45, 7) is 6.26. The fourth-order valence-corrected chi connectivity index (χ4v) is 7.32. The number of sulfonamides is 1. The number of hydrogen-bond acceptors (Lipinski definition) is 7. The van der Waals surface area contributed by atoms with Crippen molar-refractivity contribution in [3.05, 3.63) is 48.0 Å². The second-order valence-corrected chi connectivity index (χ2v) is 12.5. The molecule has 0 aliphatic carbocycles. The van der Waals surface area contributed by atoms with Crippen LogP contribution in [0.2, 0.25) is 0 Å². The first-order valence-corrected chi connectivity index (χ1v) is 15.1. The SMILES string of the molecule is CCOc1cccc2sc(N(CCCN(C)C)C(=O)c3ccc(S(=O)(=O)N4CCCCC4C)cc3)nc12.Cl. The Morgan fingerprint density at radius 3 is 2.53 bits per heavy atom. The van der Waals surface area contributed by atoms with Crippen LogP contribution in [0.5, 0.6) is 5.75 Å². The number of benzene rings is 2. The molecule has 1 fully saturated rings. The summed E-state index contributed by atoms with van der Waals surface area (Å²) in [5.41, 5.74) is 1.17. The van der Waals surface area contributed by atoms with Crippen LogP contribution in [0.25, 0.3) is 10.2 Å². The summed E-state index contributed by atoms with van der Waals surface area (Å²) in [7, 11) is 0.402. The van der Waals surface area contributed by atoms with Crippen molar-refractivity contribution in [1.82, 2.24) is 14.2 Å². The predicted molar refractivity (Wildman–Crippen MR) is 157 cm³/mol. The van der Waals surface area contributed by atoms with E-state index in [0.717, 1.165) is 42.4 Å². The Morgan fingerprint density at radius 1 is 1.13 bits per heavy atom. The molecule has 3 aromatic rings. The molecular formula is C27H37ClN4O4S2. The molecule has 1 atom stereocenters. The summed E-state index contributed by atoms with van der Waals surface area (Å²) in [6.07, 6.45) is 3.55. The van der Waals surface area contributed by atoms with Crippen molar-refractivity contribution in [2.45, 2.75) is 50.5 Å². The second kappa shape index (κ2) is 13.2. The Labute approximate surface area is 236 Å². The highest BCUT2D eigenvalue weighted by molar-refractivity contribution is 7.89. The topological polar surface area (TPSA) is 83.0 Å². The van der Waals surface area contributed by atoms with E-state index in [1.54, 1.807) is 33.5 Å². The van der Waals surface area contributed by atoms with Crippen LogP contribution in [0.15, 0.2) is 47.4 Å². The summed E-state index contributed by atoms with van der Waals surface area (Å²) in [4.78, 5) is 22.5. The summed E-state index contributed by atoms with van der Waals surface area (Å²) in [6, 6.07) is 12.1. The third kappa shape index (κ3) is 6.66. The third-order valence-electron chi connectivity index (χ3n) is 6.58. The summed E-state index contributed by atoms with van der Waals surface area (Å²) >= 11 is 1.45. The average molecular weight is 581 g/mol. The van der Waals surface area contributed by atoms with Gasteiger partial charge in [0.25, 0.3) is 5.91 Å². The number of carbonyl (C=O) groups excluding carboxylic acids is 1. The van der Waals surface area contributed by atoms with Crippen molar-refractivity contribution >= 4 is 55.0 Å². The number of nitrogens with zero attached hydrogens (tertiary/aromatic N) is 4. The van der Waals surface area contributed by atoms with Crippen LogP contribution in [0.1, 0.15) is 49.9 Å². The minimum absolute atomic E-state index is 0. The van der Waals surface area contributed by atoms with Crippen molar-refractivity contribution in [1.29, 1.82) is 0 Å². The Hall–Kier alpha value is -2.24. The minimum Gasteiger partial charge on any atom is -0.492 e. The van der Waals surface area contributed by atoms with Crippen molar-refractivity contribution in [3.8, 4) is 5.75 Å². The van der Waals surface area contributed by atoms with Gasteiger partial charge in [0.15, 0.2) is 5.13 Å². The van der Waals surface area contributed by atoms with Gasteiger partial charge in [0.05, 0.1) is 16.2 Å². The van der Waals surface area contributed by atoms with Gasteiger partial charge in [0, 0.05) is 24.7 Å². The monoisotopic (exact) mass is 580 g/mol. The van der Waals surface area contributed by atoms with Gasteiger partial charge >= 0.3 is 0 Å². The Balaban J connectivity index is 0.00000400. The maximum absolute atomic E-state index is 13.7. The largest absolute Gasteiger partial charge is 0.492 e. The minimum atomic E-state index is -3.60. The maximum atomic E-state index is 13.7. The first kappa shape index (κ1) is 30.3. The summed E-state index contributed by atoms with van der Waals surface area (Å²) in [5, 5.41) is 0.602. The van der Waals surface area contributed by atoms with Crippen LogP contribution >= 0.6 is 23.7 Å². The molecule has 0 radical (unpaired) electrons. The van der Waals surface area contributed by atoms with Gasteiger partial charge < -0.3 is 9.64 Å². The molecule has 208 valence electrons. The Kier molecular flexibility index (Phi) is 10.5. The molecule has 1 aliphatic heterocycles. The lowest BCUT2D eigenvalue weighted by Gasteiger charge is -2.32. The number of fused-ring (bicyclic) bond motifs is 1. The number of aromatic nitrogens is 1. The molecule has 38 heavy (non-hydrogen) atoms. The van der Waals surface area contributed by atoms with Gasteiger partial charge in [-0.2, -0.15) is 4.31 Å². The van der Waals surface area contributed by atoms with E-state index in [-0.39, 0.29) is 29.3 Å². The highest BCUT2D eigenvalue weighted by atomic mass is 35.5. The van der Waals surface area contributed by atoms with Crippen molar-refractivity contribution in [2.75, 3.05) is 45.2 Å². The van der Waals surface area contributed by atoms with E-state index in [1.165, 1.54) is 11.3 Å². The molecule has 0 bridgehead atoms. The molecule has 11 heteroatoms. The van der Waals surface area contributed by atoms with E-state index in [4.69, 9.17) is 9.72 Å². The smallest absolute Gasteiger partial charge is 0.260 e. The predicted octanol–water partition coefficient (Wildman–Crippen LogP) is 5.28. The van der Waals surface area contributed by atoms with Crippen LogP contribution in [-0.4, -0.2) is 74.9 Å². The number of ether oxygens (including phenoxy) is 1. The normalized spacial score (nSPS) is 16.4. The number of rotatable bonds is 10. The van der Waals surface area contributed by atoms with Gasteiger partial charge in [0.2, 0.25) is 10.0 Å². The Bertz CT molecular complexity index is 1330. The summed E-state index contributed by atoms with van der Waals surface area (Å²) < 4.78 is 34.7. The lowest BCUT2D eigenvalue weighted by atomic mass is 10.1. The van der Waals surface area contributed by atoms with E-state index in [1.807, 2.05) is 46.1 Å². The molecular weight excluding hydrogens is 544 g/mol. The molecule has 8 nitrogen and oxygen atoms in total. The first-order chi connectivity index (χ1) is 17.7. The van der Waals surface area contributed by atoms with Crippen molar-refractivity contribution < 1.29 is 17.9 Å². The van der Waals surface area contributed by atoms with Gasteiger partial charge in [-0.3, -0.25) is 9.69 Å². The van der Waals surface area contributed by atoms with E-state index in [0.29, 0.717) is 36.1 Å². The number of anilines is 1. The number of amides is 1. The molecule has 1 saturated heterocycles. The molecule has 1 aliphatic rings. The highest BCUT2D eigenvalue weighted by Gasteiger charge is 2.31. The molecule has 0 spiro atoms. The summed E-state index contributed by atoms with van der Waals surface area (Å²) in [5.74, 6) is 0.496. The van der Waals surface area contributed by atoms with E-state index in [9.17, 15) is 13.2 Å². The van der Waals surface area contributed by atoms with Crippen LogP contribution in [0.3, 0.4) is 0 Å². The van der Waals surface area contributed by atoms with E-state index in [2.05, 4.69) is 4.90 Å². The van der Waals surface area contributed by atoms with Gasteiger partial charge in [-0.25, -0.2) is 13.4 Å². The zero-order valence-electron chi connectivity index (χ0n) is 22.4. The average Bonchev–Trinajstić information content (AvgIpc) is 3.31. The molecule has 4 rings (SSSR count). The quantitative estimate of drug-likeness (QED) is 0.324. The van der Waals surface area contributed by atoms with Crippen molar-refractivity contribution in [3.63, 3.8) is 0 Å². The lowest BCUT2D eigenvalue weighted by molar-refractivity contribution is 0.0986. The van der Waals surface area contributed by atoms with Crippen LogP contribution in [0, 0.1) is 0 Å². The van der Waals surface area contributed by atoms with Gasteiger partial charge in [-0.15, -0.1) is 12.4 Å². The highest BCUT2D eigenvalue weighted by Crippen LogP contribution is 2.35. The number of para-hydroxylation sites is 1. The van der Waals surface area contributed by atoms with Crippen LogP contribution < -0.4 is 9.64 Å². The zero-order chi connectivity index (χ0) is 26.6. The van der Waals surface area contributed by atoms with Gasteiger partial charge in [0.1, 0.15) is 11.3 Å². The number of carbonyl (C=O) groups is 1. The fraction of sp³-hybridized carbons (Fsp3) is 0.481. The number of halogens is 1. The molecule has 1 amide bonds. The lowest BCUT2D eigenvalue weighted by Crippen LogP contribution is -2.41. The van der Waals surface area contributed by atoms with E-state index >= 15 is 0 Å². The van der Waals surface area contributed by atoms with E-state index < -0.39 is 10.0 Å². The van der Waals surface area contributed by atoms with Crippen LogP contribution in [-0.2, 0) is 10.0 Å². The third-order valence-corrected chi connectivity index (χ3v) is 9.65. The number of piperidine rings is 1. The molecule has 2 heterocycles. The number of hydrogen-bond donors (Lipinski definition) is 0.